The quantitative estimate of drug-likeness (QED) is 0.315. The Morgan fingerprint density at radius 1 is 2.00 bits per heavy atom. The summed E-state index contributed by atoms with van der Waals surface area (Å²) >= 11 is 0. The van der Waals surface area contributed by atoms with E-state index in [1.807, 2.05) is 0 Å². The SMILES string of the molecule is CCO/C([NH])=C/[N+](=O)[O-]. The number of ether oxygens (including phenoxy) is 1. The molecular formula is C4H7N2O3. The summed E-state index contributed by atoms with van der Waals surface area (Å²) in [5.74, 6) is -0.414. The van der Waals surface area contributed by atoms with Gasteiger partial charge in [-0.15, -0.1) is 0 Å². The van der Waals surface area contributed by atoms with Crippen LogP contribution >= 0.6 is 0 Å². The molecule has 0 saturated heterocycles. The van der Waals surface area contributed by atoms with Crippen LogP contribution in [0.15, 0.2) is 12.1 Å². The zero-order chi connectivity index (χ0) is 7.28. The van der Waals surface area contributed by atoms with Gasteiger partial charge in [0.15, 0.2) is 0 Å². The van der Waals surface area contributed by atoms with Crippen molar-refractivity contribution in [3.63, 3.8) is 0 Å². The predicted molar refractivity (Wildman–Crippen MR) is 29.8 cm³/mol. The molecule has 1 N–H and O–H groups in total. The molecule has 0 saturated carbocycles. The number of rotatable bonds is 3. The van der Waals surface area contributed by atoms with Gasteiger partial charge in [-0.25, -0.2) is 0 Å². The lowest BCUT2D eigenvalue weighted by molar-refractivity contribution is -0.405. The van der Waals surface area contributed by atoms with Gasteiger partial charge in [-0.2, -0.15) is 0 Å². The molecule has 5 nitrogen and oxygen atoms in total. The lowest BCUT2D eigenvalue weighted by Gasteiger charge is -1.94. The first-order valence-electron chi connectivity index (χ1n) is 2.36. The van der Waals surface area contributed by atoms with Crippen LogP contribution in [0.25, 0.3) is 0 Å². The molecule has 0 aromatic carbocycles. The first-order chi connectivity index (χ1) is 4.16. The van der Waals surface area contributed by atoms with Crippen LogP contribution in [0.3, 0.4) is 0 Å². The molecule has 0 aliphatic rings. The highest BCUT2D eigenvalue weighted by molar-refractivity contribution is 4.76. The lowest BCUT2D eigenvalue weighted by atomic mass is 10.8. The first-order valence-corrected chi connectivity index (χ1v) is 2.36. The van der Waals surface area contributed by atoms with E-state index >= 15 is 0 Å². The van der Waals surface area contributed by atoms with E-state index in [0.717, 1.165) is 0 Å². The van der Waals surface area contributed by atoms with Crippen molar-refractivity contribution < 1.29 is 9.66 Å². The van der Waals surface area contributed by atoms with Gasteiger partial charge in [0.25, 0.3) is 12.1 Å². The van der Waals surface area contributed by atoms with Gasteiger partial charge in [-0.3, -0.25) is 15.8 Å². The Morgan fingerprint density at radius 2 is 2.56 bits per heavy atom. The standard InChI is InChI=1S/C4H7N2O3/c1-2-9-4(5)3-6(7)8/h3,5H,2H2,1H3/b4-3+. The highest BCUT2D eigenvalue weighted by atomic mass is 16.6. The average molecular weight is 131 g/mol. The highest BCUT2D eigenvalue weighted by Crippen LogP contribution is 1.87. The maximum Gasteiger partial charge on any atom is 0.295 e. The van der Waals surface area contributed by atoms with Gasteiger partial charge in [-0.05, 0) is 6.92 Å². The van der Waals surface area contributed by atoms with E-state index in [1.54, 1.807) is 6.92 Å². The molecule has 9 heavy (non-hydrogen) atoms. The maximum atomic E-state index is 9.61. The minimum Gasteiger partial charge on any atom is -0.474 e. The smallest absolute Gasteiger partial charge is 0.295 e. The maximum absolute atomic E-state index is 9.61. The Morgan fingerprint density at radius 3 is 2.89 bits per heavy atom. The van der Waals surface area contributed by atoms with E-state index in [-0.39, 0.29) is 6.61 Å². The van der Waals surface area contributed by atoms with Crippen LogP contribution < -0.4 is 5.73 Å². The third-order valence-corrected chi connectivity index (χ3v) is 0.523. The molecule has 0 unspecified atom stereocenters. The van der Waals surface area contributed by atoms with Crippen molar-refractivity contribution in [1.82, 2.24) is 5.73 Å². The van der Waals surface area contributed by atoms with E-state index in [4.69, 9.17) is 5.73 Å². The number of nitro groups is 1. The lowest BCUT2D eigenvalue weighted by Crippen LogP contribution is -1.95. The van der Waals surface area contributed by atoms with Gasteiger partial charge in [0.2, 0.25) is 0 Å². The van der Waals surface area contributed by atoms with Gasteiger partial charge in [0.1, 0.15) is 0 Å². The van der Waals surface area contributed by atoms with Crippen LogP contribution in [0.4, 0.5) is 0 Å². The summed E-state index contributed by atoms with van der Waals surface area (Å²) in [7, 11) is 0. The summed E-state index contributed by atoms with van der Waals surface area (Å²) < 4.78 is 4.44. The molecule has 51 valence electrons. The molecule has 0 rings (SSSR count). The number of nitrogens with one attached hydrogen (secondary N) is 1. The van der Waals surface area contributed by atoms with Gasteiger partial charge in [-0.1, -0.05) is 0 Å². The Kier molecular flexibility index (Phi) is 3.19. The molecule has 0 amide bonds. The topological polar surface area (TPSA) is 76.2 Å². The molecule has 0 atom stereocenters. The van der Waals surface area contributed by atoms with Crippen LogP contribution in [0.5, 0.6) is 0 Å². The third-order valence-electron chi connectivity index (χ3n) is 0.523. The second kappa shape index (κ2) is 3.71. The Balaban J connectivity index is 3.69. The summed E-state index contributed by atoms with van der Waals surface area (Å²) in [4.78, 5) is 8.89. The fourth-order valence-electron chi connectivity index (χ4n) is 0.289. The van der Waals surface area contributed by atoms with Crippen molar-refractivity contribution in [2.75, 3.05) is 6.61 Å². The summed E-state index contributed by atoms with van der Waals surface area (Å²) in [6, 6.07) is 0. The minimum atomic E-state index is -0.724. The first kappa shape index (κ1) is 7.74. The molecule has 0 bridgehead atoms. The van der Waals surface area contributed by atoms with Crippen molar-refractivity contribution in [1.29, 1.82) is 0 Å². The predicted octanol–water partition coefficient (Wildman–Crippen LogP) is 0.381. The molecule has 0 aliphatic heterocycles. The molecule has 0 aromatic rings. The van der Waals surface area contributed by atoms with Crippen molar-refractivity contribution in [3.8, 4) is 0 Å². The van der Waals surface area contributed by atoms with Crippen molar-refractivity contribution >= 4 is 0 Å². The number of nitrogens with zero attached hydrogens (tertiary/aromatic N) is 1. The molecule has 0 spiro atoms. The molecule has 0 aromatic heterocycles. The zero-order valence-electron chi connectivity index (χ0n) is 4.96. The van der Waals surface area contributed by atoms with E-state index in [0.29, 0.717) is 6.20 Å². The van der Waals surface area contributed by atoms with Gasteiger partial charge < -0.3 is 4.74 Å². The molecule has 0 aliphatic carbocycles. The molecule has 0 heterocycles. The molecule has 1 radical (unpaired) electrons. The van der Waals surface area contributed by atoms with E-state index < -0.39 is 10.8 Å². The Bertz CT molecular complexity index is 132. The number of hydrogen-bond donors (Lipinski definition) is 0. The van der Waals surface area contributed by atoms with Gasteiger partial charge >= 0.3 is 0 Å². The van der Waals surface area contributed by atoms with E-state index in [9.17, 15) is 10.1 Å². The van der Waals surface area contributed by atoms with E-state index in [2.05, 4.69) is 4.74 Å². The summed E-state index contributed by atoms with van der Waals surface area (Å²) in [5, 5.41) is 9.61. The fraction of sp³-hybridized carbons (Fsp3) is 0.500. The normalized spacial score (nSPS) is 11.0. The second-order valence-electron chi connectivity index (χ2n) is 1.21. The molecule has 0 fully saturated rings. The van der Waals surface area contributed by atoms with Crippen LogP contribution in [-0.4, -0.2) is 11.5 Å². The largest absolute Gasteiger partial charge is 0.474 e. The summed E-state index contributed by atoms with van der Waals surface area (Å²) in [5.41, 5.74) is 6.70. The van der Waals surface area contributed by atoms with Gasteiger partial charge in [0.05, 0.1) is 11.5 Å². The van der Waals surface area contributed by atoms with Crippen LogP contribution in [0, 0.1) is 10.1 Å². The molecule has 5 heteroatoms. The van der Waals surface area contributed by atoms with Crippen molar-refractivity contribution in [2.24, 2.45) is 0 Å². The Hall–Kier alpha value is -1.26. The highest BCUT2D eigenvalue weighted by Gasteiger charge is 1.95. The second-order valence-corrected chi connectivity index (χ2v) is 1.21. The van der Waals surface area contributed by atoms with E-state index in [1.165, 1.54) is 0 Å². The summed E-state index contributed by atoms with van der Waals surface area (Å²) in [6.07, 6.45) is 0.503. The average Bonchev–Trinajstić information content (AvgIpc) is 1.63. The van der Waals surface area contributed by atoms with Crippen LogP contribution in [-0.2, 0) is 4.74 Å². The van der Waals surface area contributed by atoms with Gasteiger partial charge in [0, 0.05) is 0 Å². The Labute approximate surface area is 52.3 Å². The van der Waals surface area contributed by atoms with Crippen LogP contribution in [0.2, 0.25) is 0 Å². The zero-order valence-corrected chi connectivity index (χ0v) is 4.96. The van der Waals surface area contributed by atoms with Crippen LogP contribution in [0.1, 0.15) is 6.92 Å². The third kappa shape index (κ3) is 4.60. The molecular weight excluding hydrogens is 124 g/mol. The van der Waals surface area contributed by atoms with Crippen molar-refractivity contribution in [3.05, 3.63) is 22.2 Å². The number of hydrogen-bond acceptors (Lipinski definition) is 3. The fourth-order valence-corrected chi connectivity index (χ4v) is 0.289. The van der Waals surface area contributed by atoms with Crippen molar-refractivity contribution in [2.45, 2.75) is 6.92 Å². The minimum absolute atomic E-state index is 0.281. The monoisotopic (exact) mass is 131 g/mol. The summed E-state index contributed by atoms with van der Waals surface area (Å²) in [6.45, 7) is 1.94.